The van der Waals surface area contributed by atoms with Gasteiger partial charge < -0.3 is 0 Å². The summed E-state index contributed by atoms with van der Waals surface area (Å²) in [6.45, 7) is 8.01. The molecular formula is C9H15Cl. The SMILES string of the molecule is C=C(CCl)CCC=C(C)C. The maximum atomic E-state index is 5.55. The normalized spacial score (nSPS) is 9.10. The second-order valence-corrected chi connectivity index (χ2v) is 2.97. The molecule has 0 aliphatic heterocycles. The van der Waals surface area contributed by atoms with Crippen LogP contribution in [0.4, 0.5) is 0 Å². The molecule has 0 aromatic rings. The highest BCUT2D eigenvalue weighted by molar-refractivity contribution is 6.19. The summed E-state index contributed by atoms with van der Waals surface area (Å²) in [6, 6.07) is 0. The second kappa shape index (κ2) is 5.55. The van der Waals surface area contributed by atoms with Crippen LogP contribution in [-0.4, -0.2) is 5.88 Å². The van der Waals surface area contributed by atoms with Crippen molar-refractivity contribution < 1.29 is 0 Å². The first-order valence-electron chi connectivity index (χ1n) is 3.52. The standard InChI is InChI=1S/C9H15Cl/c1-8(2)5-4-6-9(3)7-10/h5H,3-4,6-7H2,1-2H3. The van der Waals surface area contributed by atoms with E-state index < -0.39 is 0 Å². The molecule has 0 nitrogen and oxygen atoms in total. The Bertz CT molecular complexity index is 130. The summed E-state index contributed by atoms with van der Waals surface area (Å²) < 4.78 is 0. The monoisotopic (exact) mass is 158 g/mol. The number of hydrogen-bond acceptors (Lipinski definition) is 0. The van der Waals surface area contributed by atoms with E-state index in [0.717, 1.165) is 18.4 Å². The average molecular weight is 159 g/mol. The molecule has 0 aromatic heterocycles. The zero-order valence-electron chi connectivity index (χ0n) is 6.78. The van der Waals surface area contributed by atoms with Gasteiger partial charge in [0.05, 0.1) is 0 Å². The van der Waals surface area contributed by atoms with Crippen molar-refractivity contribution in [3.8, 4) is 0 Å². The Kier molecular flexibility index (Phi) is 5.42. The van der Waals surface area contributed by atoms with Crippen LogP contribution in [-0.2, 0) is 0 Å². The third-order valence-electron chi connectivity index (χ3n) is 1.24. The Balaban J connectivity index is 3.37. The summed E-state index contributed by atoms with van der Waals surface area (Å²) in [6.07, 6.45) is 4.31. The van der Waals surface area contributed by atoms with Crippen molar-refractivity contribution in [1.82, 2.24) is 0 Å². The third-order valence-corrected chi connectivity index (χ3v) is 1.62. The molecule has 0 N–H and O–H groups in total. The van der Waals surface area contributed by atoms with Gasteiger partial charge in [0, 0.05) is 5.88 Å². The number of alkyl halides is 1. The molecule has 0 aliphatic rings. The molecule has 0 amide bonds. The highest BCUT2D eigenvalue weighted by atomic mass is 35.5. The Morgan fingerprint density at radius 1 is 1.50 bits per heavy atom. The largest absolute Gasteiger partial charge is 0.122 e. The summed E-state index contributed by atoms with van der Waals surface area (Å²) in [7, 11) is 0. The molecule has 0 spiro atoms. The van der Waals surface area contributed by atoms with Gasteiger partial charge in [-0.15, -0.1) is 11.6 Å². The number of allylic oxidation sites excluding steroid dienone is 3. The highest BCUT2D eigenvalue weighted by Gasteiger charge is 1.88. The van der Waals surface area contributed by atoms with Crippen molar-refractivity contribution in [1.29, 1.82) is 0 Å². The molecule has 58 valence electrons. The maximum Gasteiger partial charge on any atom is 0.0431 e. The van der Waals surface area contributed by atoms with Gasteiger partial charge in [-0.05, 0) is 26.7 Å². The first kappa shape index (κ1) is 9.77. The zero-order valence-corrected chi connectivity index (χ0v) is 7.54. The van der Waals surface area contributed by atoms with E-state index in [1.807, 2.05) is 0 Å². The molecule has 1 heteroatoms. The molecule has 0 rings (SSSR count). The fourth-order valence-corrected chi connectivity index (χ4v) is 0.765. The third kappa shape index (κ3) is 5.90. The van der Waals surface area contributed by atoms with E-state index in [1.54, 1.807) is 0 Å². The van der Waals surface area contributed by atoms with Gasteiger partial charge in [-0.25, -0.2) is 0 Å². The van der Waals surface area contributed by atoms with Gasteiger partial charge in [0.1, 0.15) is 0 Å². The van der Waals surface area contributed by atoms with Gasteiger partial charge in [-0.3, -0.25) is 0 Å². The topological polar surface area (TPSA) is 0 Å². The molecule has 0 heterocycles. The van der Waals surface area contributed by atoms with Crippen LogP contribution in [0.3, 0.4) is 0 Å². The van der Waals surface area contributed by atoms with Crippen LogP contribution in [0.1, 0.15) is 26.7 Å². The Hall–Kier alpha value is -0.230. The minimum Gasteiger partial charge on any atom is -0.122 e. The molecule has 0 unspecified atom stereocenters. The molecule has 0 radical (unpaired) electrons. The Morgan fingerprint density at radius 3 is 2.50 bits per heavy atom. The summed E-state index contributed by atoms with van der Waals surface area (Å²) >= 11 is 5.55. The van der Waals surface area contributed by atoms with Crippen LogP contribution in [0.25, 0.3) is 0 Å². The molecule has 0 bridgehead atoms. The molecule has 0 fully saturated rings. The molecular weight excluding hydrogens is 144 g/mol. The quantitative estimate of drug-likeness (QED) is 0.434. The Morgan fingerprint density at radius 2 is 2.10 bits per heavy atom. The van der Waals surface area contributed by atoms with E-state index in [-0.39, 0.29) is 0 Å². The van der Waals surface area contributed by atoms with Crippen molar-refractivity contribution in [2.75, 3.05) is 5.88 Å². The second-order valence-electron chi connectivity index (χ2n) is 2.70. The first-order valence-corrected chi connectivity index (χ1v) is 4.06. The Labute approximate surface area is 68.6 Å². The van der Waals surface area contributed by atoms with Crippen LogP contribution < -0.4 is 0 Å². The predicted molar refractivity (Wildman–Crippen MR) is 48.5 cm³/mol. The maximum absolute atomic E-state index is 5.55. The van der Waals surface area contributed by atoms with E-state index >= 15 is 0 Å². The van der Waals surface area contributed by atoms with Crippen LogP contribution in [0.15, 0.2) is 23.8 Å². The fraction of sp³-hybridized carbons (Fsp3) is 0.556. The van der Waals surface area contributed by atoms with E-state index in [0.29, 0.717) is 5.88 Å². The molecule has 0 aliphatic carbocycles. The number of hydrogen-bond donors (Lipinski definition) is 0. The van der Waals surface area contributed by atoms with Crippen LogP contribution in [0, 0.1) is 0 Å². The van der Waals surface area contributed by atoms with E-state index in [2.05, 4.69) is 26.5 Å². The van der Waals surface area contributed by atoms with Gasteiger partial charge in [0.15, 0.2) is 0 Å². The molecule has 10 heavy (non-hydrogen) atoms. The van der Waals surface area contributed by atoms with E-state index in [4.69, 9.17) is 11.6 Å². The van der Waals surface area contributed by atoms with E-state index in [9.17, 15) is 0 Å². The predicted octanol–water partition coefficient (Wildman–Crippen LogP) is 3.53. The van der Waals surface area contributed by atoms with Crippen molar-refractivity contribution >= 4 is 11.6 Å². The minimum absolute atomic E-state index is 0.594. The van der Waals surface area contributed by atoms with Gasteiger partial charge >= 0.3 is 0 Å². The molecule has 0 atom stereocenters. The lowest BCUT2D eigenvalue weighted by Crippen LogP contribution is -1.80. The zero-order chi connectivity index (χ0) is 7.98. The van der Waals surface area contributed by atoms with Crippen molar-refractivity contribution in [3.63, 3.8) is 0 Å². The average Bonchev–Trinajstić information content (AvgIpc) is 1.87. The van der Waals surface area contributed by atoms with Crippen molar-refractivity contribution in [2.24, 2.45) is 0 Å². The summed E-state index contributed by atoms with van der Waals surface area (Å²) in [5, 5.41) is 0. The van der Waals surface area contributed by atoms with Crippen molar-refractivity contribution in [2.45, 2.75) is 26.7 Å². The van der Waals surface area contributed by atoms with Crippen LogP contribution in [0.5, 0.6) is 0 Å². The summed E-state index contributed by atoms with van der Waals surface area (Å²) in [5.41, 5.74) is 2.49. The van der Waals surface area contributed by atoms with Gasteiger partial charge in [-0.2, -0.15) is 0 Å². The summed E-state index contributed by atoms with van der Waals surface area (Å²) in [4.78, 5) is 0. The van der Waals surface area contributed by atoms with Crippen LogP contribution in [0.2, 0.25) is 0 Å². The fourth-order valence-electron chi connectivity index (χ4n) is 0.632. The lowest BCUT2D eigenvalue weighted by Gasteiger charge is -1.96. The molecule has 0 aromatic carbocycles. The van der Waals surface area contributed by atoms with Crippen LogP contribution >= 0.6 is 11.6 Å². The molecule has 0 saturated carbocycles. The first-order chi connectivity index (χ1) is 4.66. The van der Waals surface area contributed by atoms with Crippen molar-refractivity contribution in [3.05, 3.63) is 23.8 Å². The van der Waals surface area contributed by atoms with E-state index in [1.165, 1.54) is 5.57 Å². The van der Waals surface area contributed by atoms with Gasteiger partial charge in [0.25, 0.3) is 0 Å². The lowest BCUT2D eigenvalue weighted by molar-refractivity contribution is 0.975. The smallest absolute Gasteiger partial charge is 0.0431 e. The van der Waals surface area contributed by atoms with Gasteiger partial charge in [-0.1, -0.05) is 23.8 Å². The summed E-state index contributed by atoms with van der Waals surface area (Å²) in [5.74, 6) is 0.594. The lowest BCUT2D eigenvalue weighted by atomic mass is 10.1. The highest BCUT2D eigenvalue weighted by Crippen LogP contribution is 2.06. The molecule has 0 saturated heterocycles. The number of halogens is 1. The minimum atomic E-state index is 0.594. The van der Waals surface area contributed by atoms with Gasteiger partial charge in [0.2, 0.25) is 0 Å². The number of rotatable bonds is 4.